The van der Waals surface area contributed by atoms with Crippen LogP contribution in [0.1, 0.15) is 114 Å². The van der Waals surface area contributed by atoms with Gasteiger partial charge in [0, 0.05) is 106 Å². The number of aromatic nitrogens is 6. The van der Waals surface area contributed by atoms with Gasteiger partial charge in [-0.15, -0.1) is 11.3 Å². The van der Waals surface area contributed by atoms with Gasteiger partial charge >= 0.3 is 12.0 Å². The lowest BCUT2D eigenvalue weighted by Gasteiger charge is -2.39. The van der Waals surface area contributed by atoms with Crippen molar-refractivity contribution in [2.45, 2.75) is 128 Å². The molecule has 2 saturated carbocycles. The van der Waals surface area contributed by atoms with E-state index < -0.39 is 29.2 Å². The van der Waals surface area contributed by atoms with Crippen molar-refractivity contribution < 1.29 is 46.0 Å². The van der Waals surface area contributed by atoms with E-state index in [9.17, 15) is 18.8 Å². The molecule has 1 spiro atoms. The number of hydrogen-bond donors (Lipinski definition) is 2. The summed E-state index contributed by atoms with van der Waals surface area (Å²) in [7, 11) is 0. The number of nitrogens with zero attached hydrogens (tertiary/aromatic N) is 10. The number of ether oxygens (including phenoxy) is 4. The lowest BCUT2D eigenvalue weighted by molar-refractivity contribution is 0.0795. The molecule has 3 aromatic carbocycles. The Hall–Kier alpha value is -7.71. The molecular weight excluding hydrogens is 1160 g/mol. The van der Waals surface area contributed by atoms with Crippen LogP contribution in [0.3, 0.4) is 0 Å². The van der Waals surface area contributed by atoms with Crippen molar-refractivity contribution in [3.05, 3.63) is 93.7 Å². The maximum absolute atomic E-state index is 16.9. The summed E-state index contributed by atoms with van der Waals surface area (Å²) in [5, 5.41) is 18.9. The van der Waals surface area contributed by atoms with Gasteiger partial charge in [0.2, 0.25) is 0 Å². The molecule has 5 unspecified atom stereocenters. The standard InChI is InChI=1S/C34H37F3N6O3.C34H35F2N5O3/c1-2-23-26(36)5-4-20-12-22(41-44)13-24(27(20)23)29-28(37)30-25(15-38-29)31(42-8-3-10-45-11-9-42)40-32(39-30)46-19-34-14-21(35)16-43(34)18-33(17-34)6-7-33;1-3-23-26(35)9-8-21-15-22(42)16-24(28(21)23)30-29(36)31-25(17-38-30)32(41-13-6-14-43-20(2)18-41)40-33(39-31)44-19-34-10-4-7-27(34)37-12-5-11-34/h12-13,15,21H,2-11,14,16-19H2,1H3;1,8-9,15-17,20,27,37,42H,4-7,10-14,18-19H2,2H3. The highest BCUT2D eigenvalue weighted by atomic mass is 19.1. The maximum Gasteiger partial charge on any atom is 0.319 e. The molecule has 5 saturated heterocycles. The summed E-state index contributed by atoms with van der Waals surface area (Å²) in [6, 6.07) is 9.16. The van der Waals surface area contributed by atoms with Crippen molar-refractivity contribution >= 4 is 55.5 Å². The molecule has 15 rings (SSSR count). The smallest absolute Gasteiger partial charge is 0.319 e. The van der Waals surface area contributed by atoms with Gasteiger partial charge in [-0.25, -0.2) is 22.0 Å². The zero-order chi connectivity index (χ0) is 62.1. The second-order valence-electron chi connectivity index (χ2n) is 26.0. The molecule has 2 N–H and O–H groups in total. The first-order valence-electron chi connectivity index (χ1n) is 31.8. The highest BCUT2D eigenvalue weighted by Gasteiger charge is 2.62. The van der Waals surface area contributed by atoms with E-state index in [2.05, 4.69) is 46.1 Å². The molecule has 3 aliphatic carbocycles. The Kier molecular flexibility index (Phi) is 16.1. The fourth-order valence-electron chi connectivity index (χ4n) is 15.8. The van der Waals surface area contributed by atoms with Gasteiger partial charge in [-0.05, 0) is 147 Å². The van der Waals surface area contributed by atoms with E-state index in [1.54, 1.807) is 12.3 Å². The summed E-state index contributed by atoms with van der Waals surface area (Å²) in [5.41, 5.74) is 2.06. The number of hydrogen-bond acceptors (Lipinski definition) is 17. The number of nitrogens with one attached hydrogen (secondary N) is 1. The number of allylic oxidation sites excluding steroid dienone is 2. The number of phenolic OH excluding ortho intramolecular Hbond substituents is 1. The van der Waals surface area contributed by atoms with Crippen LogP contribution in [0, 0.1) is 45.5 Å². The van der Waals surface area contributed by atoms with Crippen molar-refractivity contribution in [2.75, 3.05) is 88.6 Å². The molecule has 5 aliphatic heterocycles. The van der Waals surface area contributed by atoms with Crippen LogP contribution in [0.25, 0.3) is 60.7 Å². The van der Waals surface area contributed by atoms with Gasteiger partial charge in [0.25, 0.3) is 0 Å². The third kappa shape index (κ3) is 11.0. The molecule has 0 amide bonds. The molecule has 5 atom stereocenters. The van der Waals surface area contributed by atoms with Crippen molar-refractivity contribution in [1.29, 1.82) is 0 Å². The largest absolute Gasteiger partial charge is 0.508 e. The number of anilines is 2. The zero-order valence-electron chi connectivity index (χ0n) is 50.7. The summed E-state index contributed by atoms with van der Waals surface area (Å²) < 4.78 is 102. The van der Waals surface area contributed by atoms with E-state index in [1.807, 2.05) is 18.7 Å². The van der Waals surface area contributed by atoms with Gasteiger partial charge < -0.3 is 39.2 Å². The number of aryl methyl sites for hydroxylation is 1. The number of fused-ring (bicyclic) bond motifs is 6. The van der Waals surface area contributed by atoms with Crippen LogP contribution in [-0.4, -0.2) is 143 Å². The second kappa shape index (κ2) is 24.2. The third-order valence-electron chi connectivity index (χ3n) is 20.2. The summed E-state index contributed by atoms with van der Waals surface area (Å²) >= 11 is 0. The minimum absolute atomic E-state index is 0.000183. The SMILES string of the molecule is C#Cc1c(F)ccc2cc(O)cc(-c3ncc4c(N5CCCOC(C)C5)nc(OCC56CCCNC5CCC6)nc4c3F)c12.CCC1=C(F)CCc2cc(N=O)cc(-c3ncc4c(N5CCCOCC5)nc(OCC56CC(F)CN5CC5(CC5)C6)nc4c3F)c21. The lowest BCUT2D eigenvalue weighted by atomic mass is 9.76. The Bertz CT molecular complexity index is 4060. The van der Waals surface area contributed by atoms with Crippen molar-refractivity contribution in [3.63, 3.8) is 0 Å². The van der Waals surface area contributed by atoms with Gasteiger partial charge in [0.05, 0.1) is 41.2 Å². The van der Waals surface area contributed by atoms with Crippen LogP contribution in [0.15, 0.2) is 59.8 Å². The molecule has 22 heteroatoms. The molecule has 0 bridgehead atoms. The molecule has 470 valence electrons. The number of benzene rings is 3. The zero-order valence-corrected chi connectivity index (χ0v) is 50.7. The molecule has 8 aliphatic rings. The summed E-state index contributed by atoms with van der Waals surface area (Å²) in [6.45, 7) is 10.9. The number of phenols is 1. The molecular formula is C68H72F5N11O6. The first kappa shape index (κ1) is 59.9. The Morgan fingerprint density at radius 2 is 1.54 bits per heavy atom. The number of pyridine rings is 2. The van der Waals surface area contributed by atoms with Crippen molar-refractivity contribution in [3.8, 4) is 52.6 Å². The Balaban J connectivity index is 0.000000157. The van der Waals surface area contributed by atoms with Crippen LogP contribution in [0.2, 0.25) is 0 Å². The summed E-state index contributed by atoms with van der Waals surface area (Å²) in [6.07, 6.45) is 19.4. The maximum atomic E-state index is 16.9. The van der Waals surface area contributed by atoms with Gasteiger partial charge in [0.15, 0.2) is 11.6 Å². The first-order valence-corrected chi connectivity index (χ1v) is 31.8. The Labute approximate surface area is 518 Å². The van der Waals surface area contributed by atoms with Crippen molar-refractivity contribution in [2.24, 2.45) is 16.0 Å². The lowest BCUT2D eigenvalue weighted by Crippen LogP contribution is -2.49. The van der Waals surface area contributed by atoms with E-state index in [-0.39, 0.29) is 98.2 Å². The van der Waals surface area contributed by atoms with Crippen LogP contribution in [-0.2, 0) is 15.9 Å². The second-order valence-corrected chi connectivity index (χ2v) is 26.0. The monoisotopic (exact) mass is 1230 g/mol. The highest BCUT2D eigenvalue weighted by molar-refractivity contribution is 6.03. The topological polar surface area (TPSA) is 186 Å². The van der Waals surface area contributed by atoms with E-state index in [4.69, 9.17) is 35.3 Å². The molecule has 4 aromatic heterocycles. The van der Waals surface area contributed by atoms with Crippen LogP contribution in [0.5, 0.6) is 17.8 Å². The fraction of sp³-hybridized carbons (Fsp3) is 0.500. The average molecular weight is 1230 g/mol. The van der Waals surface area contributed by atoms with Crippen LogP contribution < -0.4 is 24.6 Å². The highest BCUT2D eigenvalue weighted by Crippen LogP contribution is 2.61. The Morgan fingerprint density at radius 1 is 0.822 bits per heavy atom. The van der Waals surface area contributed by atoms with Gasteiger partial charge in [-0.1, -0.05) is 25.3 Å². The molecule has 0 radical (unpaired) electrons. The average Bonchev–Trinajstić information content (AvgIpc) is 1.48. The normalized spacial score (nSPS) is 24.7. The first-order chi connectivity index (χ1) is 43.7. The van der Waals surface area contributed by atoms with E-state index >= 15 is 13.2 Å². The van der Waals surface area contributed by atoms with Gasteiger partial charge in [0.1, 0.15) is 69.9 Å². The van der Waals surface area contributed by atoms with Gasteiger partial charge in [-0.2, -0.15) is 19.9 Å². The number of nitroso groups, excluding NO2 is 1. The van der Waals surface area contributed by atoms with E-state index in [0.717, 1.165) is 82.9 Å². The van der Waals surface area contributed by atoms with Crippen LogP contribution >= 0.6 is 0 Å². The Morgan fingerprint density at radius 3 is 2.29 bits per heavy atom. The minimum Gasteiger partial charge on any atom is -0.508 e. The molecule has 7 aromatic rings. The fourth-order valence-corrected chi connectivity index (χ4v) is 15.8. The molecule has 17 nitrogen and oxygen atoms in total. The van der Waals surface area contributed by atoms with Gasteiger partial charge in [-0.3, -0.25) is 14.9 Å². The number of alkyl halides is 1. The summed E-state index contributed by atoms with van der Waals surface area (Å²) in [5.74, 6) is 0.964. The number of aromatic hydroxyl groups is 1. The molecule has 7 fully saturated rings. The number of rotatable bonds is 12. The molecule has 90 heavy (non-hydrogen) atoms. The van der Waals surface area contributed by atoms with E-state index in [0.29, 0.717) is 129 Å². The number of terminal acetylenes is 1. The predicted octanol–water partition coefficient (Wildman–Crippen LogP) is 12.6. The van der Waals surface area contributed by atoms with Crippen molar-refractivity contribution in [1.82, 2.24) is 40.1 Å². The number of halogens is 5. The predicted molar refractivity (Wildman–Crippen MR) is 333 cm³/mol. The third-order valence-corrected chi connectivity index (χ3v) is 20.2. The molecule has 9 heterocycles. The quantitative estimate of drug-likeness (QED) is 0.0668. The summed E-state index contributed by atoms with van der Waals surface area (Å²) in [4.78, 5) is 45.9. The minimum atomic E-state index is -0.912. The van der Waals surface area contributed by atoms with Crippen LogP contribution in [0.4, 0.5) is 39.3 Å². The van der Waals surface area contributed by atoms with E-state index in [1.165, 1.54) is 36.5 Å². The number of piperidine rings is 1.